The second-order valence-corrected chi connectivity index (χ2v) is 7.90. The van der Waals surface area contributed by atoms with Crippen LogP contribution in [-0.2, 0) is 18.3 Å². The smallest absolute Gasteiger partial charge is 0.222 e. The van der Waals surface area contributed by atoms with Gasteiger partial charge < -0.3 is 14.6 Å². The Morgan fingerprint density at radius 1 is 1.21 bits per heavy atom. The molecule has 1 atom stereocenters. The number of rotatable bonds is 13. The van der Waals surface area contributed by atoms with Crippen LogP contribution in [0, 0.1) is 5.82 Å². The van der Waals surface area contributed by atoms with Crippen molar-refractivity contribution < 1.29 is 19.0 Å². The van der Waals surface area contributed by atoms with Gasteiger partial charge in [-0.1, -0.05) is 49.4 Å². The topological polar surface area (TPSA) is 59.8 Å². The molecule has 0 saturated heterocycles. The molecular weight excluding hydrogens is 421 g/mol. The van der Waals surface area contributed by atoms with E-state index < -0.39 is 6.10 Å². The summed E-state index contributed by atoms with van der Waals surface area (Å²) in [6.45, 7) is 8.09. The number of hydrogen-bond donors (Lipinski definition) is 1. The standard InChI is InChI=1S/C26H32FN3O3/c1-4-14-30(17-22(31)19-32-15-5-2)18-24-25(20-10-7-6-8-11-20)28-29(3)26(24)33-23-13-9-12-21(27)16-23/h5-13,16,22,31H,2,4,14-15,17-19H2,1,3H3. The summed E-state index contributed by atoms with van der Waals surface area (Å²) in [6, 6.07) is 15.9. The Labute approximate surface area is 194 Å². The van der Waals surface area contributed by atoms with Crippen molar-refractivity contribution >= 4 is 0 Å². The predicted octanol–water partition coefficient (Wildman–Crippen LogP) is 4.79. The van der Waals surface area contributed by atoms with Gasteiger partial charge in [-0.05, 0) is 25.1 Å². The lowest BCUT2D eigenvalue weighted by Gasteiger charge is -2.25. The molecule has 3 aromatic rings. The first-order valence-corrected chi connectivity index (χ1v) is 11.2. The van der Waals surface area contributed by atoms with Gasteiger partial charge in [0, 0.05) is 31.8 Å². The van der Waals surface area contributed by atoms with E-state index >= 15 is 0 Å². The quantitative estimate of drug-likeness (QED) is 0.298. The average Bonchev–Trinajstić information content (AvgIpc) is 3.10. The molecule has 0 aliphatic rings. The number of aromatic nitrogens is 2. The molecule has 1 N–H and O–H groups in total. The van der Waals surface area contributed by atoms with Gasteiger partial charge in [0.25, 0.3) is 0 Å². The van der Waals surface area contributed by atoms with Gasteiger partial charge in [-0.2, -0.15) is 5.10 Å². The molecule has 6 nitrogen and oxygen atoms in total. The highest BCUT2D eigenvalue weighted by Crippen LogP contribution is 2.34. The molecule has 0 aliphatic carbocycles. The van der Waals surface area contributed by atoms with E-state index in [9.17, 15) is 9.50 Å². The van der Waals surface area contributed by atoms with E-state index in [1.807, 2.05) is 37.4 Å². The largest absolute Gasteiger partial charge is 0.439 e. The first-order chi connectivity index (χ1) is 16.0. The summed E-state index contributed by atoms with van der Waals surface area (Å²) >= 11 is 0. The zero-order valence-electron chi connectivity index (χ0n) is 19.3. The average molecular weight is 454 g/mol. The summed E-state index contributed by atoms with van der Waals surface area (Å²) in [5, 5.41) is 15.2. The number of hydrogen-bond acceptors (Lipinski definition) is 5. The van der Waals surface area contributed by atoms with Crippen molar-refractivity contribution in [3.05, 3.63) is 78.6 Å². The van der Waals surface area contributed by atoms with Gasteiger partial charge in [-0.3, -0.25) is 4.90 Å². The Morgan fingerprint density at radius 2 is 2.00 bits per heavy atom. The van der Waals surface area contributed by atoms with Crippen LogP contribution in [0.4, 0.5) is 4.39 Å². The van der Waals surface area contributed by atoms with Crippen molar-refractivity contribution in [2.24, 2.45) is 7.05 Å². The third-order valence-electron chi connectivity index (χ3n) is 5.08. The lowest BCUT2D eigenvalue weighted by Crippen LogP contribution is -2.35. The molecule has 1 unspecified atom stereocenters. The molecule has 33 heavy (non-hydrogen) atoms. The lowest BCUT2D eigenvalue weighted by molar-refractivity contribution is 0.0245. The van der Waals surface area contributed by atoms with Crippen LogP contribution < -0.4 is 4.74 Å². The normalized spacial score (nSPS) is 12.2. The maximum Gasteiger partial charge on any atom is 0.222 e. The van der Waals surface area contributed by atoms with Crippen molar-refractivity contribution in [1.82, 2.24) is 14.7 Å². The summed E-state index contributed by atoms with van der Waals surface area (Å²) < 4.78 is 27.0. The molecule has 1 heterocycles. The molecule has 0 fully saturated rings. The van der Waals surface area contributed by atoms with Crippen LogP contribution in [0.3, 0.4) is 0 Å². The lowest BCUT2D eigenvalue weighted by atomic mass is 10.1. The predicted molar refractivity (Wildman–Crippen MR) is 128 cm³/mol. The Kier molecular flexibility index (Phi) is 9.18. The van der Waals surface area contributed by atoms with Crippen LogP contribution in [0.25, 0.3) is 11.3 Å². The second kappa shape index (κ2) is 12.3. The molecule has 0 saturated carbocycles. The van der Waals surface area contributed by atoms with E-state index in [0.29, 0.717) is 31.3 Å². The zero-order valence-corrected chi connectivity index (χ0v) is 19.3. The van der Waals surface area contributed by atoms with Crippen molar-refractivity contribution in [2.75, 3.05) is 26.3 Å². The summed E-state index contributed by atoms with van der Waals surface area (Å²) in [5.41, 5.74) is 2.63. The van der Waals surface area contributed by atoms with Gasteiger partial charge in [0.15, 0.2) is 0 Å². The van der Waals surface area contributed by atoms with Gasteiger partial charge in [-0.25, -0.2) is 9.07 Å². The van der Waals surface area contributed by atoms with Crippen LogP contribution in [0.5, 0.6) is 11.6 Å². The maximum atomic E-state index is 13.8. The number of aryl methyl sites for hydroxylation is 1. The molecule has 7 heteroatoms. The fraction of sp³-hybridized carbons (Fsp3) is 0.346. The van der Waals surface area contributed by atoms with Crippen molar-refractivity contribution in [2.45, 2.75) is 26.0 Å². The minimum absolute atomic E-state index is 0.234. The number of ether oxygens (including phenoxy) is 2. The SMILES string of the molecule is C=CCOCC(O)CN(CCC)Cc1c(-c2ccccc2)nn(C)c1Oc1cccc(F)c1. The van der Waals surface area contributed by atoms with Crippen LogP contribution in [0.1, 0.15) is 18.9 Å². The second-order valence-electron chi connectivity index (χ2n) is 7.90. The van der Waals surface area contributed by atoms with Crippen molar-refractivity contribution in [3.8, 4) is 22.9 Å². The van der Waals surface area contributed by atoms with E-state index in [0.717, 1.165) is 29.8 Å². The Bertz CT molecular complexity index is 1020. The van der Waals surface area contributed by atoms with Gasteiger partial charge in [-0.15, -0.1) is 6.58 Å². The number of nitrogens with zero attached hydrogens (tertiary/aromatic N) is 3. The van der Waals surface area contributed by atoms with Gasteiger partial charge in [0.2, 0.25) is 5.88 Å². The molecule has 1 aromatic heterocycles. The van der Waals surface area contributed by atoms with Crippen LogP contribution in [-0.4, -0.2) is 52.2 Å². The van der Waals surface area contributed by atoms with Crippen LogP contribution >= 0.6 is 0 Å². The molecule has 0 radical (unpaired) electrons. The fourth-order valence-electron chi connectivity index (χ4n) is 3.71. The van der Waals surface area contributed by atoms with Crippen molar-refractivity contribution in [1.29, 1.82) is 0 Å². The fourth-order valence-corrected chi connectivity index (χ4v) is 3.71. The van der Waals surface area contributed by atoms with E-state index in [1.54, 1.807) is 22.9 Å². The monoisotopic (exact) mass is 453 g/mol. The highest BCUT2D eigenvalue weighted by atomic mass is 19.1. The third kappa shape index (κ3) is 6.99. The van der Waals surface area contributed by atoms with E-state index in [1.165, 1.54) is 12.1 Å². The zero-order chi connectivity index (χ0) is 23.6. The summed E-state index contributed by atoms with van der Waals surface area (Å²) in [4.78, 5) is 2.16. The van der Waals surface area contributed by atoms with E-state index in [-0.39, 0.29) is 12.4 Å². The highest BCUT2D eigenvalue weighted by Gasteiger charge is 2.23. The van der Waals surface area contributed by atoms with Gasteiger partial charge in [0.05, 0.1) is 24.9 Å². The molecule has 3 rings (SSSR count). The number of benzene rings is 2. The number of aliphatic hydroxyl groups is 1. The molecule has 2 aromatic carbocycles. The molecule has 0 spiro atoms. The molecule has 0 aliphatic heterocycles. The molecule has 176 valence electrons. The minimum Gasteiger partial charge on any atom is -0.439 e. The Morgan fingerprint density at radius 3 is 2.70 bits per heavy atom. The van der Waals surface area contributed by atoms with Crippen LogP contribution in [0.2, 0.25) is 0 Å². The Balaban J connectivity index is 1.93. The third-order valence-corrected chi connectivity index (χ3v) is 5.08. The first kappa shape index (κ1) is 24.6. The maximum absolute atomic E-state index is 13.8. The summed E-state index contributed by atoms with van der Waals surface area (Å²) in [5.74, 6) is 0.575. The molecule has 0 amide bonds. The molecular formula is C26H32FN3O3. The molecule has 0 bridgehead atoms. The van der Waals surface area contributed by atoms with E-state index in [4.69, 9.17) is 14.6 Å². The van der Waals surface area contributed by atoms with Gasteiger partial charge >= 0.3 is 0 Å². The summed E-state index contributed by atoms with van der Waals surface area (Å²) in [6.07, 6.45) is 1.94. The van der Waals surface area contributed by atoms with E-state index in [2.05, 4.69) is 18.4 Å². The Hall–Kier alpha value is -3.00. The first-order valence-electron chi connectivity index (χ1n) is 11.2. The minimum atomic E-state index is -0.638. The van der Waals surface area contributed by atoms with Crippen LogP contribution in [0.15, 0.2) is 67.3 Å². The number of halogens is 1. The number of aliphatic hydroxyl groups excluding tert-OH is 1. The van der Waals surface area contributed by atoms with Crippen molar-refractivity contribution in [3.63, 3.8) is 0 Å². The highest BCUT2D eigenvalue weighted by molar-refractivity contribution is 5.65. The van der Waals surface area contributed by atoms with Gasteiger partial charge in [0.1, 0.15) is 17.3 Å². The summed E-state index contributed by atoms with van der Waals surface area (Å²) in [7, 11) is 1.81.